The number of aromatic nitrogens is 2. The molecular weight excluding hydrogens is 685 g/mol. The van der Waals surface area contributed by atoms with Crippen LogP contribution in [0.5, 0.6) is 0 Å². The van der Waals surface area contributed by atoms with Crippen molar-refractivity contribution >= 4 is 55.4 Å². The number of nitrogens with zero attached hydrogens (tertiary/aromatic N) is 2. The van der Waals surface area contributed by atoms with E-state index in [4.69, 9.17) is 0 Å². The Hall–Kier alpha value is -6.29. The highest BCUT2D eigenvalue weighted by Crippen LogP contribution is 2.61. The van der Waals surface area contributed by atoms with Gasteiger partial charge in [0.25, 0.3) is 0 Å². The quantitative estimate of drug-likeness (QED) is 0.164. The van der Waals surface area contributed by atoms with Crippen molar-refractivity contribution in [2.24, 2.45) is 0 Å². The normalized spacial score (nSPS) is 17.1. The summed E-state index contributed by atoms with van der Waals surface area (Å²) in [4.78, 5) is 2.63. The average Bonchev–Trinajstić information content (AvgIpc) is 3.82. The maximum absolute atomic E-state index is 2.56. The van der Waals surface area contributed by atoms with E-state index in [1.165, 1.54) is 109 Å². The Kier molecular flexibility index (Phi) is 5.61. The van der Waals surface area contributed by atoms with Crippen LogP contribution in [0.4, 0.5) is 0 Å². The molecule has 1 atom stereocenters. The van der Waals surface area contributed by atoms with Gasteiger partial charge in [-0.25, -0.2) is 0 Å². The van der Waals surface area contributed by atoms with Crippen molar-refractivity contribution in [3.8, 4) is 22.5 Å². The highest BCUT2D eigenvalue weighted by atomic mass is 32.2. The number of fused-ring (bicyclic) bond motifs is 17. The van der Waals surface area contributed by atoms with Crippen molar-refractivity contribution < 1.29 is 0 Å². The Morgan fingerprint density at radius 1 is 0.400 bits per heavy atom. The minimum Gasteiger partial charge on any atom is -0.309 e. The fourth-order valence-electron chi connectivity index (χ4n) is 10.9. The molecule has 55 heavy (non-hydrogen) atoms. The summed E-state index contributed by atoms with van der Waals surface area (Å²) in [5.41, 5.74) is 17.7. The smallest absolute Gasteiger partial charge is 0.0765 e. The molecule has 8 aromatic carbocycles. The zero-order chi connectivity index (χ0) is 36.2. The molecule has 0 N–H and O–H groups in total. The van der Waals surface area contributed by atoms with Crippen molar-refractivity contribution in [1.82, 2.24) is 9.13 Å². The van der Waals surface area contributed by atoms with Gasteiger partial charge in [0.1, 0.15) is 0 Å². The summed E-state index contributed by atoms with van der Waals surface area (Å²) in [6.45, 7) is 4.76. The van der Waals surface area contributed by atoms with E-state index in [0.29, 0.717) is 0 Å². The molecule has 258 valence electrons. The summed E-state index contributed by atoms with van der Waals surface area (Å²) in [6, 6.07) is 64.4. The van der Waals surface area contributed by atoms with E-state index in [2.05, 4.69) is 193 Å². The van der Waals surface area contributed by atoms with E-state index in [1.807, 2.05) is 11.8 Å². The molecule has 0 saturated heterocycles. The Balaban J connectivity index is 1.18. The molecule has 1 unspecified atom stereocenters. The molecule has 0 radical (unpaired) electrons. The molecule has 0 amide bonds. The molecule has 1 aliphatic carbocycles. The number of benzene rings is 8. The number of rotatable bonds is 1. The second-order valence-electron chi connectivity index (χ2n) is 16.0. The summed E-state index contributed by atoms with van der Waals surface area (Å²) in [5.74, 6) is 0. The lowest BCUT2D eigenvalue weighted by atomic mass is 9.62. The minimum atomic E-state index is -0.533. The van der Waals surface area contributed by atoms with E-state index in [1.54, 1.807) is 0 Å². The maximum Gasteiger partial charge on any atom is 0.0765 e. The van der Waals surface area contributed by atoms with Crippen LogP contribution in [-0.2, 0) is 10.8 Å². The van der Waals surface area contributed by atoms with Crippen LogP contribution < -0.4 is 0 Å². The first-order valence-electron chi connectivity index (χ1n) is 19.3. The highest BCUT2D eigenvalue weighted by molar-refractivity contribution is 7.99. The Morgan fingerprint density at radius 2 is 1.04 bits per heavy atom. The van der Waals surface area contributed by atoms with Crippen LogP contribution in [-0.4, -0.2) is 9.13 Å². The standard InChI is InChI=1S/C52H34N2S/c1-51(2)38-18-6-3-14-32(38)33-27-26-31(28-42(33)51)53-44-22-9-5-16-35(44)37-29-49-43(30-47(37)53)52(40-20-8-12-25-48(40)55-49)39-19-7-11-24-46(39)54-45-23-10-4-15-34(45)36-17-13-21-41(52)50(36)54/h3-30H,1-2H3. The van der Waals surface area contributed by atoms with E-state index in [9.17, 15) is 0 Å². The van der Waals surface area contributed by atoms with Gasteiger partial charge < -0.3 is 9.13 Å². The van der Waals surface area contributed by atoms with Crippen LogP contribution >= 0.6 is 11.8 Å². The summed E-state index contributed by atoms with van der Waals surface area (Å²) in [6.07, 6.45) is 0. The van der Waals surface area contributed by atoms with Crippen LogP contribution in [0, 0.1) is 0 Å². The topological polar surface area (TPSA) is 9.86 Å². The maximum atomic E-state index is 2.56. The number of hydrogen-bond donors (Lipinski definition) is 0. The van der Waals surface area contributed by atoms with Crippen LogP contribution in [0.25, 0.3) is 66.1 Å². The lowest BCUT2D eigenvalue weighted by Crippen LogP contribution is -2.37. The van der Waals surface area contributed by atoms with Gasteiger partial charge >= 0.3 is 0 Å². The largest absolute Gasteiger partial charge is 0.309 e. The van der Waals surface area contributed by atoms with E-state index < -0.39 is 5.41 Å². The van der Waals surface area contributed by atoms with Gasteiger partial charge in [-0.3, -0.25) is 0 Å². The molecule has 2 aromatic heterocycles. The molecular formula is C52H34N2S. The third-order valence-corrected chi connectivity index (χ3v) is 14.3. The van der Waals surface area contributed by atoms with Gasteiger partial charge in [0.2, 0.25) is 0 Å². The Bertz CT molecular complexity index is 3340. The van der Waals surface area contributed by atoms with Gasteiger partial charge in [0, 0.05) is 42.4 Å². The van der Waals surface area contributed by atoms with E-state index >= 15 is 0 Å². The van der Waals surface area contributed by atoms with Crippen molar-refractivity contribution in [3.63, 3.8) is 0 Å². The van der Waals surface area contributed by atoms with Crippen molar-refractivity contribution in [1.29, 1.82) is 0 Å². The predicted molar refractivity (Wildman–Crippen MR) is 229 cm³/mol. The molecule has 0 fully saturated rings. The van der Waals surface area contributed by atoms with Gasteiger partial charge in [-0.1, -0.05) is 147 Å². The van der Waals surface area contributed by atoms with Crippen LogP contribution in [0.15, 0.2) is 180 Å². The molecule has 1 spiro atoms. The predicted octanol–water partition coefficient (Wildman–Crippen LogP) is 13.3. The van der Waals surface area contributed by atoms with Gasteiger partial charge in [0.05, 0.1) is 33.2 Å². The first-order chi connectivity index (χ1) is 27.0. The Labute approximate surface area is 323 Å². The highest BCUT2D eigenvalue weighted by Gasteiger charge is 2.49. The van der Waals surface area contributed by atoms with Gasteiger partial charge in [-0.15, -0.1) is 0 Å². The van der Waals surface area contributed by atoms with Gasteiger partial charge in [-0.05, 0) is 93.0 Å². The molecule has 0 bridgehead atoms. The summed E-state index contributed by atoms with van der Waals surface area (Å²) >= 11 is 1.92. The lowest BCUT2D eigenvalue weighted by Gasteiger charge is -2.45. The fraction of sp³-hybridized carbons (Fsp3) is 0.0769. The molecule has 13 rings (SSSR count). The number of hydrogen-bond acceptors (Lipinski definition) is 1. The summed E-state index contributed by atoms with van der Waals surface area (Å²) < 4.78 is 5.07. The molecule has 3 heteroatoms. The van der Waals surface area contributed by atoms with Crippen molar-refractivity contribution in [2.45, 2.75) is 34.5 Å². The van der Waals surface area contributed by atoms with Crippen LogP contribution in [0.3, 0.4) is 0 Å². The van der Waals surface area contributed by atoms with Gasteiger partial charge in [-0.2, -0.15) is 0 Å². The molecule has 10 aromatic rings. The molecule has 0 saturated carbocycles. The van der Waals surface area contributed by atoms with Crippen molar-refractivity contribution in [2.75, 3.05) is 0 Å². The lowest BCUT2D eigenvalue weighted by molar-refractivity contribution is 0.660. The Morgan fingerprint density at radius 3 is 1.89 bits per heavy atom. The molecule has 2 aliphatic heterocycles. The second-order valence-corrected chi connectivity index (χ2v) is 17.1. The summed E-state index contributed by atoms with van der Waals surface area (Å²) in [5, 5.41) is 5.16. The fourth-order valence-corrected chi connectivity index (χ4v) is 12.1. The molecule has 4 heterocycles. The average molecular weight is 719 g/mol. The van der Waals surface area contributed by atoms with E-state index in [-0.39, 0.29) is 5.41 Å². The zero-order valence-corrected chi connectivity index (χ0v) is 31.3. The minimum absolute atomic E-state index is 0.0901. The van der Waals surface area contributed by atoms with Crippen LogP contribution in [0.1, 0.15) is 47.2 Å². The third kappa shape index (κ3) is 3.54. The van der Waals surface area contributed by atoms with Crippen molar-refractivity contribution in [3.05, 3.63) is 203 Å². The second kappa shape index (κ2) is 10.3. The monoisotopic (exact) mass is 718 g/mol. The first-order valence-corrected chi connectivity index (χ1v) is 20.1. The van der Waals surface area contributed by atoms with Gasteiger partial charge in [0.15, 0.2) is 0 Å². The third-order valence-electron chi connectivity index (χ3n) is 13.2. The number of para-hydroxylation sites is 4. The molecule has 2 nitrogen and oxygen atoms in total. The van der Waals surface area contributed by atoms with Crippen LogP contribution in [0.2, 0.25) is 0 Å². The molecule has 3 aliphatic rings. The zero-order valence-electron chi connectivity index (χ0n) is 30.5. The summed E-state index contributed by atoms with van der Waals surface area (Å²) in [7, 11) is 0. The first kappa shape index (κ1) is 30.1. The SMILES string of the molecule is CC1(C)c2ccccc2-c2ccc(-n3c4ccccc4c4cc5c(cc43)C3(c4ccccc4S5)c4ccccc4-n4c5ccccc5c5cccc3c54)cc21. The van der Waals surface area contributed by atoms with E-state index in [0.717, 1.165) is 0 Å².